The quantitative estimate of drug-likeness (QED) is 0.300. The molecule has 3 rings (SSSR count). The van der Waals surface area contributed by atoms with Crippen molar-refractivity contribution in [2.75, 3.05) is 13.2 Å². The van der Waals surface area contributed by atoms with Gasteiger partial charge in [-0.25, -0.2) is 0 Å². The number of thiophene rings is 1. The van der Waals surface area contributed by atoms with Crippen LogP contribution >= 0.6 is 22.9 Å². The van der Waals surface area contributed by atoms with Gasteiger partial charge in [0.2, 0.25) is 0 Å². The molecule has 182 valence electrons. The fourth-order valence-electron chi connectivity index (χ4n) is 5.98. The number of carbonyl (C=O) groups excluding carboxylic acids is 1. The Balaban J connectivity index is 2.05. The summed E-state index contributed by atoms with van der Waals surface area (Å²) in [5.74, 6) is 0.206. The molecule has 2 aromatic rings. The number of benzene rings is 1. The summed E-state index contributed by atoms with van der Waals surface area (Å²) < 4.78 is 5.72. The Hall–Kier alpha value is -1.36. The van der Waals surface area contributed by atoms with Crippen LogP contribution in [-0.4, -0.2) is 24.0 Å². The first kappa shape index (κ1) is 26.2. The van der Waals surface area contributed by atoms with Crippen LogP contribution < -0.4 is 0 Å². The first-order valence-corrected chi connectivity index (χ1v) is 13.9. The molecule has 0 radical (unpaired) electrons. The van der Waals surface area contributed by atoms with Gasteiger partial charge in [-0.1, -0.05) is 63.9 Å². The largest absolute Gasteiger partial charge is 0.466 e. The number of ether oxygens (including phenoxy) is 1. The molecule has 3 unspecified atom stereocenters. The molecule has 1 aromatic heterocycles. The first-order valence-electron chi connectivity index (χ1n) is 12.6. The smallest absolute Gasteiger partial charge is 0.309 e. The lowest BCUT2D eigenvalue weighted by molar-refractivity contribution is -0.157. The summed E-state index contributed by atoms with van der Waals surface area (Å²) >= 11 is 8.63. The summed E-state index contributed by atoms with van der Waals surface area (Å²) in [5, 5.41) is 2.98. The minimum absolute atomic E-state index is 0.0493. The Morgan fingerprint density at radius 1 is 1.18 bits per heavy atom. The third-order valence-corrected chi connectivity index (χ3v) is 9.54. The molecule has 2 heterocycles. The molecular weight excluding hydrogens is 450 g/mol. The van der Waals surface area contributed by atoms with Gasteiger partial charge in [0.15, 0.2) is 0 Å². The molecule has 1 aliphatic heterocycles. The second-order valence-electron chi connectivity index (χ2n) is 9.42. The Morgan fingerprint density at radius 3 is 2.55 bits per heavy atom. The average Bonchev–Trinajstić information content (AvgIpc) is 3.30. The van der Waals surface area contributed by atoms with Crippen molar-refractivity contribution in [3.8, 4) is 0 Å². The molecule has 3 atom stereocenters. The van der Waals surface area contributed by atoms with Crippen LogP contribution in [0.25, 0.3) is 0 Å². The number of fused-ring (bicyclic) bond motifs is 1. The highest BCUT2D eigenvalue weighted by Gasteiger charge is 2.46. The van der Waals surface area contributed by atoms with Crippen molar-refractivity contribution in [3.05, 3.63) is 56.7 Å². The van der Waals surface area contributed by atoms with E-state index in [1.807, 2.05) is 30.4 Å². The van der Waals surface area contributed by atoms with Crippen molar-refractivity contribution >= 4 is 28.9 Å². The van der Waals surface area contributed by atoms with Gasteiger partial charge < -0.3 is 4.74 Å². The molecule has 0 bridgehead atoms. The van der Waals surface area contributed by atoms with Crippen LogP contribution in [0.4, 0.5) is 0 Å². The highest BCUT2D eigenvalue weighted by molar-refractivity contribution is 7.10. The number of halogens is 1. The molecule has 1 aliphatic rings. The van der Waals surface area contributed by atoms with Crippen LogP contribution in [0.5, 0.6) is 0 Å². The van der Waals surface area contributed by atoms with Crippen molar-refractivity contribution < 1.29 is 9.53 Å². The fraction of sp³-hybridized carbons (Fsp3) is 0.607. The average molecular weight is 490 g/mol. The molecule has 33 heavy (non-hydrogen) atoms. The zero-order valence-corrected chi connectivity index (χ0v) is 22.5. The lowest BCUT2D eigenvalue weighted by atomic mass is 9.61. The predicted octanol–water partition coefficient (Wildman–Crippen LogP) is 7.92. The third kappa shape index (κ3) is 5.49. The van der Waals surface area contributed by atoms with Gasteiger partial charge in [-0.05, 0) is 72.6 Å². The van der Waals surface area contributed by atoms with E-state index in [4.69, 9.17) is 16.3 Å². The number of rotatable bonds is 11. The molecule has 0 saturated carbocycles. The minimum Gasteiger partial charge on any atom is -0.466 e. The van der Waals surface area contributed by atoms with E-state index in [1.54, 1.807) is 0 Å². The van der Waals surface area contributed by atoms with Gasteiger partial charge >= 0.3 is 5.97 Å². The zero-order valence-electron chi connectivity index (χ0n) is 20.9. The maximum Gasteiger partial charge on any atom is 0.309 e. The Morgan fingerprint density at radius 2 is 1.91 bits per heavy atom. The molecule has 1 aromatic carbocycles. The molecule has 0 N–H and O–H groups in total. The van der Waals surface area contributed by atoms with E-state index >= 15 is 0 Å². The van der Waals surface area contributed by atoms with Crippen molar-refractivity contribution in [1.29, 1.82) is 0 Å². The number of hydrogen-bond acceptors (Lipinski definition) is 4. The number of carbonyl (C=O) groups is 1. The predicted molar refractivity (Wildman–Crippen MR) is 140 cm³/mol. The van der Waals surface area contributed by atoms with E-state index in [1.165, 1.54) is 10.4 Å². The van der Waals surface area contributed by atoms with Crippen molar-refractivity contribution in [1.82, 2.24) is 4.90 Å². The van der Waals surface area contributed by atoms with E-state index in [0.717, 1.165) is 55.8 Å². The van der Waals surface area contributed by atoms with Gasteiger partial charge in [-0.2, -0.15) is 0 Å². The zero-order chi connectivity index (χ0) is 24.0. The Labute approximate surface area is 209 Å². The molecule has 3 nitrogen and oxygen atoms in total. The maximum absolute atomic E-state index is 13.5. The molecule has 0 spiro atoms. The van der Waals surface area contributed by atoms with Crippen molar-refractivity contribution in [2.45, 2.75) is 79.3 Å². The number of esters is 1. The molecule has 0 fully saturated rings. The summed E-state index contributed by atoms with van der Waals surface area (Å²) in [6, 6.07) is 10.5. The standard InChI is InChI=1S/C28H40ClNO2S/c1-6-20(5)28(7-2,8-3)23(27(31)32-9-4)18-25(22-12-10-11-13-24(22)29)30-16-14-26-21(19-30)15-17-33-26/h10-13,15,17,20,23,25H,6-9,14,16,18-19H2,1-5H3. The SMILES string of the molecule is CCOC(=O)C(CC(c1ccccc1Cl)N1CCc2sccc2C1)C(CC)(CC)C(C)CC. The number of nitrogens with zero attached hydrogens (tertiary/aromatic N) is 1. The van der Waals surface area contributed by atoms with E-state index in [2.05, 4.69) is 56.2 Å². The minimum atomic E-state index is -0.174. The molecule has 0 aliphatic carbocycles. The maximum atomic E-state index is 13.5. The lowest BCUT2D eigenvalue weighted by Crippen LogP contribution is -2.44. The monoisotopic (exact) mass is 489 g/mol. The van der Waals surface area contributed by atoms with E-state index in [9.17, 15) is 4.79 Å². The summed E-state index contributed by atoms with van der Waals surface area (Å²) in [7, 11) is 0. The van der Waals surface area contributed by atoms with Crippen LogP contribution in [-0.2, 0) is 22.5 Å². The van der Waals surface area contributed by atoms with Gasteiger partial charge in [-0.3, -0.25) is 9.69 Å². The molecular formula is C28H40ClNO2S. The molecule has 5 heteroatoms. The van der Waals surface area contributed by atoms with Crippen LogP contribution in [0.1, 0.15) is 82.3 Å². The highest BCUT2D eigenvalue weighted by atomic mass is 35.5. The van der Waals surface area contributed by atoms with Crippen molar-refractivity contribution in [3.63, 3.8) is 0 Å². The van der Waals surface area contributed by atoms with Crippen LogP contribution in [0.3, 0.4) is 0 Å². The topological polar surface area (TPSA) is 29.5 Å². The summed E-state index contributed by atoms with van der Waals surface area (Å²) in [5.41, 5.74) is 2.44. The van der Waals surface area contributed by atoms with E-state index in [-0.39, 0.29) is 23.3 Å². The second-order valence-corrected chi connectivity index (χ2v) is 10.8. The highest BCUT2D eigenvalue weighted by Crippen LogP contribution is 2.49. The fourth-order valence-corrected chi connectivity index (χ4v) is 7.13. The van der Waals surface area contributed by atoms with Gasteiger partial charge in [0.05, 0.1) is 12.5 Å². The number of hydrogen-bond donors (Lipinski definition) is 0. The summed E-state index contributed by atoms with van der Waals surface area (Å²) in [4.78, 5) is 17.6. The van der Waals surface area contributed by atoms with Crippen LogP contribution in [0.2, 0.25) is 5.02 Å². The summed E-state index contributed by atoms with van der Waals surface area (Å²) in [6.45, 7) is 13.2. The van der Waals surface area contributed by atoms with Gasteiger partial charge in [0, 0.05) is 29.0 Å². The first-order chi connectivity index (χ1) is 15.9. The van der Waals surface area contributed by atoms with Crippen LogP contribution in [0.15, 0.2) is 35.7 Å². The normalized spacial score (nSPS) is 17.3. The molecule has 0 amide bonds. The van der Waals surface area contributed by atoms with E-state index < -0.39 is 0 Å². The van der Waals surface area contributed by atoms with Crippen LogP contribution in [0, 0.1) is 17.3 Å². The Bertz CT molecular complexity index is 907. The van der Waals surface area contributed by atoms with Gasteiger partial charge in [-0.15, -0.1) is 11.3 Å². The van der Waals surface area contributed by atoms with E-state index in [0.29, 0.717) is 12.5 Å². The summed E-state index contributed by atoms with van der Waals surface area (Å²) in [6.07, 6.45) is 4.76. The second kappa shape index (κ2) is 11.9. The van der Waals surface area contributed by atoms with Gasteiger partial charge in [0.25, 0.3) is 0 Å². The lowest BCUT2D eigenvalue weighted by Gasteiger charge is -2.46. The third-order valence-electron chi connectivity index (χ3n) is 8.18. The van der Waals surface area contributed by atoms with Crippen molar-refractivity contribution in [2.24, 2.45) is 17.3 Å². The molecule has 0 saturated heterocycles. The van der Waals surface area contributed by atoms with Gasteiger partial charge in [0.1, 0.15) is 0 Å². The Kier molecular flexibility index (Phi) is 9.43.